The number of likely N-dealkylation sites (tertiary alicyclic amines) is 1. The van der Waals surface area contributed by atoms with Gasteiger partial charge in [-0.15, -0.1) is 0 Å². The molecule has 1 N–H and O–H groups in total. The van der Waals surface area contributed by atoms with Crippen molar-refractivity contribution in [3.63, 3.8) is 0 Å². The maximum Gasteiger partial charge on any atom is 0.226 e. The number of nitrogens with one attached hydrogen (secondary N) is 1. The number of carbonyl (C=O) groups is 2. The van der Waals surface area contributed by atoms with E-state index < -0.39 is 0 Å². The fourth-order valence-electron chi connectivity index (χ4n) is 3.80. The molecule has 2 aromatic carbocycles. The maximum atomic E-state index is 12.6. The van der Waals surface area contributed by atoms with Crippen LogP contribution < -0.4 is 10.1 Å². The van der Waals surface area contributed by atoms with E-state index in [0.29, 0.717) is 26.1 Å². The Morgan fingerprint density at radius 2 is 1.79 bits per heavy atom. The third-order valence-electron chi connectivity index (χ3n) is 5.50. The van der Waals surface area contributed by atoms with Gasteiger partial charge in [0, 0.05) is 25.6 Å². The van der Waals surface area contributed by atoms with Gasteiger partial charge >= 0.3 is 0 Å². The number of rotatable bonds is 7. The molecule has 154 valence electrons. The zero-order valence-corrected chi connectivity index (χ0v) is 17.3. The minimum atomic E-state index is -0.0108. The molecule has 1 aliphatic rings. The lowest BCUT2D eigenvalue weighted by atomic mass is 9.95. The number of piperidine rings is 1. The third kappa shape index (κ3) is 6.08. The highest BCUT2D eigenvalue weighted by atomic mass is 16.5. The average Bonchev–Trinajstić information content (AvgIpc) is 2.74. The summed E-state index contributed by atoms with van der Waals surface area (Å²) < 4.78 is 5.23. The van der Waals surface area contributed by atoms with Crippen LogP contribution in [0.5, 0.6) is 5.75 Å². The normalized spacial score (nSPS) is 14.5. The van der Waals surface area contributed by atoms with Gasteiger partial charge in [-0.1, -0.05) is 42.0 Å². The molecule has 0 radical (unpaired) electrons. The van der Waals surface area contributed by atoms with Crippen LogP contribution in [0.1, 0.15) is 29.5 Å². The lowest BCUT2D eigenvalue weighted by Crippen LogP contribution is -2.43. The van der Waals surface area contributed by atoms with E-state index in [1.807, 2.05) is 54.3 Å². The van der Waals surface area contributed by atoms with Gasteiger partial charge in [-0.2, -0.15) is 0 Å². The number of amides is 2. The van der Waals surface area contributed by atoms with Gasteiger partial charge in [0.05, 0.1) is 13.5 Å². The van der Waals surface area contributed by atoms with Gasteiger partial charge in [0.25, 0.3) is 0 Å². The van der Waals surface area contributed by atoms with Crippen molar-refractivity contribution in [1.29, 1.82) is 0 Å². The largest absolute Gasteiger partial charge is 0.497 e. The van der Waals surface area contributed by atoms with E-state index in [4.69, 9.17) is 4.74 Å². The number of hydrogen-bond acceptors (Lipinski definition) is 3. The molecule has 1 fully saturated rings. The summed E-state index contributed by atoms with van der Waals surface area (Å²) in [6, 6.07) is 16.0. The molecule has 5 nitrogen and oxygen atoms in total. The summed E-state index contributed by atoms with van der Waals surface area (Å²) in [6.45, 7) is 3.95. The fraction of sp³-hybridized carbons (Fsp3) is 0.417. The molecule has 5 heteroatoms. The molecule has 29 heavy (non-hydrogen) atoms. The Morgan fingerprint density at radius 1 is 1.07 bits per heavy atom. The molecule has 2 amide bonds. The van der Waals surface area contributed by atoms with Crippen LogP contribution in [0.15, 0.2) is 48.5 Å². The van der Waals surface area contributed by atoms with E-state index in [-0.39, 0.29) is 17.7 Å². The molecule has 0 atom stereocenters. The zero-order valence-electron chi connectivity index (χ0n) is 17.3. The van der Waals surface area contributed by atoms with Crippen LogP contribution in [-0.2, 0) is 22.4 Å². The highest BCUT2D eigenvalue weighted by molar-refractivity contribution is 5.81. The summed E-state index contributed by atoms with van der Waals surface area (Å²) in [7, 11) is 1.65. The van der Waals surface area contributed by atoms with E-state index in [1.165, 1.54) is 5.56 Å². The van der Waals surface area contributed by atoms with Crippen LogP contribution in [-0.4, -0.2) is 43.5 Å². The van der Waals surface area contributed by atoms with Gasteiger partial charge in [0.2, 0.25) is 11.8 Å². The van der Waals surface area contributed by atoms with Crippen LogP contribution in [0.2, 0.25) is 0 Å². The van der Waals surface area contributed by atoms with Crippen molar-refractivity contribution < 1.29 is 14.3 Å². The van der Waals surface area contributed by atoms with Crippen LogP contribution in [0.25, 0.3) is 0 Å². The number of carbonyl (C=O) groups excluding carboxylic acids is 2. The molecule has 0 bridgehead atoms. The smallest absolute Gasteiger partial charge is 0.226 e. The molecule has 0 aromatic heterocycles. The minimum absolute atomic E-state index is 0.0108. The predicted octanol–water partition coefficient (Wildman–Crippen LogP) is 3.14. The topological polar surface area (TPSA) is 58.6 Å². The third-order valence-corrected chi connectivity index (χ3v) is 5.50. The average molecular weight is 395 g/mol. The molecule has 1 saturated heterocycles. The predicted molar refractivity (Wildman–Crippen MR) is 114 cm³/mol. The van der Waals surface area contributed by atoms with Crippen molar-refractivity contribution in [1.82, 2.24) is 10.2 Å². The Kier molecular flexibility index (Phi) is 7.28. The van der Waals surface area contributed by atoms with E-state index in [9.17, 15) is 9.59 Å². The first-order chi connectivity index (χ1) is 14.0. The van der Waals surface area contributed by atoms with E-state index in [0.717, 1.165) is 36.1 Å². The number of aryl methyl sites for hydroxylation is 1. The monoisotopic (exact) mass is 394 g/mol. The summed E-state index contributed by atoms with van der Waals surface area (Å²) in [6.07, 6.45) is 2.66. The second-order valence-corrected chi connectivity index (χ2v) is 7.71. The quantitative estimate of drug-likeness (QED) is 0.785. The summed E-state index contributed by atoms with van der Waals surface area (Å²) >= 11 is 0. The molecule has 0 unspecified atom stereocenters. The molecule has 0 aliphatic carbocycles. The number of nitrogens with zero attached hydrogens (tertiary/aromatic N) is 1. The van der Waals surface area contributed by atoms with Gasteiger partial charge in [-0.25, -0.2) is 0 Å². The molecule has 2 aromatic rings. The lowest BCUT2D eigenvalue weighted by molar-refractivity contribution is -0.135. The highest BCUT2D eigenvalue weighted by Crippen LogP contribution is 2.19. The zero-order chi connectivity index (χ0) is 20.6. The summed E-state index contributed by atoms with van der Waals surface area (Å²) in [5, 5.41) is 3.05. The van der Waals surface area contributed by atoms with Crippen molar-refractivity contribution in [2.45, 2.75) is 32.6 Å². The van der Waals surface area contributed by atoms with Crippen molar-refractivity contribution >= 4 is 11.8 Å². The Hall–Kier alpha value is -2.82. The van der Waals surface area contributed by atoms with Crippen molar-refractivity contribution in [3.05, 3.63) is 65.2 Å². The Balaban J connectivity index is 1.40. The molecule has 0 saturated carbocycles. The van der Waals surface area contributed by atoms with Gasteiger partial charge in [0.15, 0.2) is 0 Å². The summed E-state index contributed by atoms with van der Waals surface area (Å²) in [4.78, 5) is 26.9. The molecule has 3 rings (SSSR count). The van der Waals surface area contributed by atoms with E-state index in [1.54, 1.807) is 7.11 Å². The number of benzene rings is 2. The van der Waals surface area contributed by atoms with Gasteiger partial charge in [0.1, 0.15) is 5.75 Å². The molecule has 1 aliphatic heterocycles. The lowest BCUT2D eigenvalue weighted by Gasteiger charge is -2.31. The second kappa shape index (κ2) is 10.1. The fourth-order valence-corrected chi connectivity index (χ4v) is 3.80. The molecular formula is C24H30N2O3. The Labute approximate surface area is 173 Å². The maximum absolute atomic E-state index is 12.6. The first-order valence-corrected chi connectivity index (χ1v) is 10.3. The molecule has 1 heterocycles. The minimum Gasteiger partial charge on any atom is -0.497 e. The second-order valence-electron chi connectivity index (χ2n) is 7.71. The van der Waals surface area contributed by atoms with Crippen molar-refractivity contribution in [3.8, 4) is 5.75 Å². The van der Waals surface area contributed by atoms with Crippen LogP contribution in [0.4, 0.5) is 0 Å². The summed E-state index contributed by atoms with van der Waals surface area (Å²) in [5.74, 6) is 1.06. The highest BCUT2D eigenvalue weighted by Gasteiger charge is 2.27. The number of hydrogen-bond donors (Lipinski definition) is 1. The molecular weight excluding hydrogens is 364 g/mol. The first-order valence-electron chi connectivity index (χ1n) is 10.3. The van der Waals surface area contributed by atoms with Gasteiger partial charge in [-0.3, -0.25) is 9.59 Å². The molecule has 0 spiro atoms. The van der Waals surface area contributed by atoms with Crippen molar-refractivity contribution in [2.75, 3.05) is 26.7 Å². The van der Waals surface area contributed by atoms with E-state index in [2.05, 4.69) is 11.4 Å². The Bertz CT molecular complexity index is 842. The SMILES string of the molecule is COc1cccc(CCNC(=O)C2CCN(C(=O)Cc3cccc(C)c3)CC2)c1. The van der Waals surface area contributed by atoms with Crippen LogP contribution in [0.3, 0.4) is 0 Å². The summed E-state index contributed by atoms with van der Waals surface area (Å²) in [5.41, 5.74) is 3.35. The van der Waals surface area contributed by atoms with Gasteiger partial charge < -0.3 is 15.0 Å². The van der Waals surface area contributed by atoms with Crippen LogP contribution in [0, 0.1) is 12.8 Å². The number of methoxy groups -OCH3 is 1. The van der Waals surface area contributed by atoms with Crippen molar-refractivity contribution in [2.24, 2.45) is 5.92 Å². The van der Waals surface area contributed by atoms with E-state index >= 15 is 0 Å². The van der Waals surface area contributed by atoms with Crippen LogP contribution >= 0.6 is 0 Å². The standard InChI is InChI=1S/C24H30N2O3/c1-18-5-3-7-20(15-18)17-23(27)26-13-10-21(11-14-26)24(28)25-12-9-19-6-4-8-22(16-19)29-2/h3-8,15-16,21H,9-14,17H2,1-2H3,(H,25,28). The van der Waals surface area contributed by atoms with Gasteiger partial charge in [-0.05, 0) is 49.4 Å². The Morgan fingerprint density at radius 3 is 2.52 bits per heavy atom. The first kappa shape index (κ1) is 20.9. The number of ether oxygens (including phenoxy) is 1.